The van der Waals surface area contributed by atoms with Gasteiger partial charge in [0.1, 0.15) is 0 Å². The molecule has 0 aromatic carbocycles. The van der Waals surface area contributed by atoms with Crippen molar-refractivity contribution >= 4 is 15.5 Å². The zero-order valence-electron chi connectivity index (χ0n) is 8.68. The summed E-state index contributed by atoms with van der Waals surface area (Å²) in [6.07, 6.45) is 4.32. The van der Waals surface area contributed by atoms with E-state index in [-0.39, 0.29) is 11.8 Å². The van der Waals surface area contributed by atoms with Crippen LogP contribution in [-0.4, -0.2) is 35.7 Å². The fourth-order valence-corrected chi connectivity index (χ4v) is 3.43. The van der Waals surface area contributed by atoms with E-state index in [1.165, 1.54) is 0 Å². The molecule has 1 fully saturated rings. The molecule has 5 nitrogen and oxygen atoms in total. The van der Waals surface area contributed by atoms with Gasteiger partial charge in [-0.15, -0.1) is 0 Å². The van der Waals surface area contributed by atoms with Crippen LogP contribution in [0.15, 0.2) is 12.4 Å². The predicted octanol–water partition coefficient (Wildman–Crippen LogP) is 0.502. The molecule has 15 heavy (non-hydrogen) atoms. The second-order valence-electron chi connectivity index (χ2n) is 3.83. The number of hydrogen-bond acceptors (Lipinski definition) is 4. The van der Waals surface area contributed by atoms with Crippen LogP contribution in [0.25, 0.3) is 0 Å². The van der Waals surface area contributed by atoms with Crippen LogP contribution in [0.3, 0.4) is 0 Å². The largest absolute Gasteiger partial charge is 0.379 e. The molecule has 0 saturated carbocycles. The summed E-state index contributed by atoms with van der Waals surface area (Å²) in [6.45, 7) is 2.83. The van der Waals surface area contributed by atoms with Crippen LogP contribution < -0.4 is 5.32 Å². The maximum absolute atomic E-state index is 11.2. The Morgan fingerprint density at radius 3 is 3.00 bits per heavy atom. The minimum atomic E-state index is -2.80. The summed E-state index contributed by atoms with van der Waals surface area (Å²) in [5.41, 5.74) is 0.902. The lowest BCUT2D eigenvalue weighted by molar-refractivity contribution is 0.602. The Labute approximate surface area is 89.4 Å². The van der Waals surface area contributed by atoms with Gasteiger partial charge >= 0.3 is 0 Å². The molecule has 0 spiro atoms. The molecule has 1 aliphatic heterocycles. The van der Waals surface area contributed by atoms with E-state index >= 15 is 0 Å². The summed E-state index contributed by atoms with van der Waals surface area (Å²) in [4.78, 5) is 0. The molecule has 84 valence electrons. The van der Waals surface area contributed by atoms with Crippen LogP contribution in [0.2, 0.25) is 0 Å². The third kappa shape index (κ3) is 2.50. The quantitative estimate of drug-likeness (QED) is 0.820. The fourth-order valence-electron chi connectivity index (χ4n) is 1.76. The summed E-state index contributed by atoms with van der Waals surface area (Å²) in [5.74, 6) is 0.539. The van der Waals surface area contributed by atoms with E-state index in [9.17, 15) is 8.42 Å². The van der Waals surface area contributed by atoms with Crippen molar-refractivity contribution in [1.82, 2.24) is 9.78 Å². The monoisotopic (exact) mass is 229 g/mol. The van der Waals surface area contributed by atoms with E-state index in [1.54, 1.807) is 6.20 Å². The summed E-state index contributed by atoms with van der Waals surface area (Å²) in [5, 5.41) is 7.31. The Kier molecular flexibility index (Phi) is 2.68. The van der Waals surface area contributed by atoms with Crippen LogP contribution in [0.1, 0.15) is 13.3 Å². The highest BCUT2D eigenvalue weighted by molar-refractivity contribution is 7.91. The molecule has 1 atom stereocenters. The lowest BCUT2D eigenvalue weighted by Crippen LogP contribution is -2.20. The topological polar surface area (TPSA) is 64.0 Å². The first kappa shape index (κ1) is 10.5. The molecule has 0 aliphatic carbocycles. The Morgan fingerprint density at radius 1 is 1.67 bits per heavy atom. The summed E-state index contributed by atoms with van der Waals surface area (Å²) in [7, 11) is -2.80. The highest BCUT2D eigenvalue weighted by atomic mass is 32.2. The highest BCUT2D eigenvalue weighted by Crippen LogP contribution is 2.16. The highest BCUT2D eigenvalue weighted by Gasteiger charge is 2.27. The van der Waals surface area contributed by atoms with Crippen molar-refractivity contribution in [2.75, 3.05) is 16.8 Å². The Balaban J connectivity index is 1.98. The molecule has 2 rings (SSSR count). The number of nitrogens with zero attached hydrogens (tertiary/aromatic N) is 2. The zero-order valence-corrected chi connectivity index (χ0v) is 9.50. The van der Waals surface area contributed by atoms with Gasteiger partial charge in [-0.05, 0) is 13.3 Å². The number of hydrogen-bond donors (Lipinski definition) is 1. The van der Waals surface area contributed by atoms with Crippen LogP contribution >= 0.6 is 0 Å². The van der Waals surface area contributed by atoms with E-state index in [0.29, 0.717) is 12.2 Å². The Bertz CT molecular complexity index is 438. The molecule has 1 unspecified atom stereocenters. The first-order valence-corrected chi connectivity index (χ1v) is 6.90. The average molecular weight is 229 g/mol. The van der Waals surface area contributed by atoms with Gasteiger partial charge in [0, 0.05) is 18.8 Å². The standard InChI is InChI=1S/C9H15N3O2S/c1-2-12-6-9(5-10-12)11-8-3-4-15(13,14)7-8/h5-6,8,11H,2-4,7H2,1H3. The number of anilines is 1. The van der Waals surface area contributed by atoms with Crippen molar-refractivity contribution in [2.24, 2.45) is 0 Å². The first-order valence-electron chi connectivity index (χ1n) is 5.08. The van der Waals surface area contributed by atoms with Gasteiger partial charge < -0.3 is 5.32 Å². The molecule has 0 bridgehead atoms. The lowest BCUT2D eigenvalue weighted by atomic mass is 10.2. The SMILES string of the molecule is CCn1cc(NC2CCS(=O)(=O)C2)cn1. The summed E-state index contributed by atoms with van der Waals surface area (Å²) >= 11 is 0. The van der Waals surface area contributed by atoms with E-state index in [4.69, 9.17) is 0 Å². The van der Waals surface area contributed by atoms with E-state index < -0.39 is 9.84 Å². The van der Waals surface area contributed by atoms with Gasteiger partial charge in [0.25, 0.3) is 0 Å². The molecule has 1 aliphatic rings. The molecule has 1 aromatic heterocycles. The minimum Gasteiger partial charge on any atom is -0.379 e. The maximum atomic E-state index is 11.2. The van der Waals surface area contributed by atoms with Gasteiger partial charge in [0.2, 0.25) is 0 Å². The molecule has 1 N–H and O–H groups in total. The Hall–Kier alpha value is -1.04. The van der Waals surface area contributed by atoms with E-state index in [0.717, 1.165) is 12.2 Å². The molecule has 6 heteroatoms. The van der Waals surface area contributed by atoms with Crippen molar-refractivity contribution in [3.05, 3.63) is 12.4 Å². The van der Waals surface area contributed by atoms with Crippen LogP contribution in [0, 0.1) is 0 Å². The maximum Gasteiger partial charge on any atom is 0.152 e. The van der Waals surface area contributed by atoms with Gasteiger partial charge in [0.15, 0.2) is 9.84 Å². The molecular weight excluding hydrogens is 214 g/mol. The van der Waals surface area contributed by atoms with E-state index in [2.05, 4.69) is 10.4 Å². The predicted molar refractivity (Wildman–Crippen MR) is 58.6 cm³/mol. The van der Waals surface area contributed by atoms with Crippen molar-refractivity contribution in [1.29, 1.82) is 0 Å². The third-order valence-electron chi connectivity index (χ3n) is 2.56. The van der Waals surface area contributed by atoms with Gasteiger partial charge in [-0.3, -0.25) is 4.68 Å². The molecule has 0 radical (unpaired) electrons. The molecule has 1 saturated heterocycles. The van der Waals surface area contributed by atoms with E-state index in [1.807, 2.05) is 17.8 Å². The van der Waals surface area contributed by atoms with Gasteiger partial charge in [-0.25, -0.2) is 8.42 Å². The van der Waals surface area contributed by atoms with Gasteiger partial charge in [-0.2, -0.15) is 5.10 Å². The summed E-state index contributed by atoms with van der Waals surface area (Å²) in [6, 6.07) is 0.0458. The van der Waals surface area contributed by atoms with Crippen molar-refractivity contribution < 1.29 is 8.42 Å². The second kappa shape index (κ2) is 3.84. The van der Waals surface area contributed by atoms with Crippen molar-refractivity contribution in [3.8, 4) is 0 Å². The number of nitrogens with one attached hydrogen (secondary N) is 1. The number of aryl methyl sites for hydroxylation is 1. The zero-order chi connectivity index (χ0) is 10.9. The molecule has 1 aromatic rings. The number of sulfone groups is 1. The van der Waals surface area contributed by atoms with Gasteiger partial charge in [0.05, 0.1) is 23.4 Å². The Morgan fingerprint density at radius 2 is 2.47 bits per heavy atom. The number of aromatic nitrogens is 2. The smallest absolute Gasteiger partial charge is 0.152 e. The third-order valence-corrected chi connectivity index (χ3v) is 4.33. The second-order valence-corrected chi connectivity index (χ2v) is 6.06. The fraction of sp³-hybridized carbons (Fsp3) is 0.667. The number of rotatable bonds is 3. The van der Waals surface area contributed by atoms with Crippen LogP contribution in [0.5, 0.6) is 0 Å². The summed E-state index contributed by atoms with van der Waals surface area (Å²) < 4.78 is 24.3. The molecular formula is C9H15N3O2S. The minimum absolute atomic E-state index is 0.0458. The van der Waals surface area contributed by atoms with Crippen molar-refractivity contribution in [2.45, 2.75) is 25.9 Å². The average Bonchev–Trinajstić information content (AvgIpc) is 2.73. The lowest BCUT2D eigenvalue weighted by Gasteiger charge is -2.09. The van der Waals surface area contributed by atoms with Gasteiger partial charge in [-0.1, -0.05) is 0 Å². The molecule has 0 amide bonds. The first-order chi connectivity index (χ1) is 7.09. The van der Waals surface area contributed by atoms with Crippen LogP contribution in [0.4, 0.5) is 5.69 Å². The van der Waals surface area contributed by atoms with Crippen molar-refractivity contribution in [3.63, 3.8) is 0 Å². The molecule has 2 heterocycles. The normalized spacial score (nSPS) is 24.2. The van der Waals surface area contributed by atoms with Crippen LogP contribution in [-0.2, 0) is 16.4 Å².